The van der Waals surface area contributed by atoms with E-state index in [1.54, 1.807) is 35.7 Å². The zero-order valence-corrected chi connectivity index (χ0v) is 9.96. The summed E-state index contributed by atoms with van der Waals surface area (Å²) < 4.78 is 23.9. The lowest BCUT2D eigenvalue weighted by Gasteiger charge is -2.01. The maximum absolute atomic E-state index is 11.9. The van der Waals surface area contributed by atoms with Gasteiger partial charge in [0.15, 0.2) is 15.0 Å². The Balaban J connectivity index is 2.28. The molecule has 2 rings (SSSR count). The van der Waals surface area contributed by atoms with Crippen LogP contribution in [0.25, 0.3) is 0 Å². The average molecular weight is 254 g/mol. The Morgan fingerprint density at radius 1 is 1.25 bits per heavy atom. The van der Waals surface area contributed by atoms with Crippen molar-refractivity contribution in [3.63, 3.8) is 0 Å². The third-order valence-electron chi connectivity index (χ3n) is 2.01. The molecule has 0 unspecified atom stereocenters. The Hall–Kier alpha value is -1.40. The van der Waals surface area contributed by atoms with E-state index in [1.165, 1.54) is 11.3 Å². The van der Waals surface area contributed by atoms with Gasteiger partial charge in [0.1, 0.15) is 0 Å². The first kappa shape index (κ1) is 11.1. The van der Waals surface area contributed by atoms with E-state index in [0.29, 0.717) is 15.7 Å². The number of hydrogen-bond acceptors (Lipinski definition) is 5. The van der Waals surface area contributed by atoms with Crippen LogP contribution in [0.1, 0.15) is 5.69 Å². The van der Waals surface area contributed by atoms with Gasteiger partial charge in [-0.3, -0.25) is 0 Å². The van der Waals surface area contributed by atoms with Gasteiger partial charge in [-0.2, -0.15) is 0 Å². The van der Waals surface area contributed by atoms with Gasteiger partial charge in [0.2, 0.25) is 0 Å². The second-order valence-corrected chi connectivity index (χ2v) is 6.13. The second-order valence-electron chi connectivity index (χ2n) is 3.25. The summed E-state index contributed by atoms with van der Waals surface area (Å²) in [4.78, 5) is 4.25. The smallest absolute Gasteiger partial charge is 0.184 e. The van der Waals surface area contributed by atoms with E-state index in [0.717, 1.165) is 0 Å². The number of aromatic nitrogens is 1. The maximum Gasteiger partial charge on any atom is 0.184 e. The van der Waals surface area contributed by atoms with Gasteiger partial charge in [0.25, 0.3) is 0 Å². The molecule has 0 bridgehead atoms. The highest BCUT2D eigenvalue weighted by atomic mass is 32.2. The van der Waals surface area contributed by atoms with Crippen LogP contribution in [0.4, 0.5) is 5.13 Å². The molecule has 16 heavy (non-hydrogen) atoms. The fourth-order valence-electron chi connectivity index (χ4n) is 1.29. The van der Waals surface area contributed by atoms with E-state index in [-0.39, 0.29) is 5.75 Å². The van der Waals surface area contributed by atoms with Crippen LogP contribution in [-0.2, 0) is 15.6 Å². The van der Waals surface area contributed by atoms with Gasteiger partial charge in [0, 0.05) is 5.38 Å². The summed E-state index contributed by atoms with van der Waals surface area (Å²) in [6, 6.07) is 8.32. The average Bonchev–Trinajstić information content (AvgIpc) is 2.64. The van der Waals surface area contributed by atoms with Crippen molar-refractivity contribution in [3.8, 4) is 0 Å². The van der Waals surface area contributed by atoms with Crippen LogP contribution in [0.3, 0.4) is 0 Å². The van der Waals surface area contributed by atoms with Gasteiger partial charge in [-0.25, -0.2) is 13.4 Å². The molecule has 0 amide bonds. The molecule has 0 saturated carbocycles. The minimum atomic E-state index is -3.31. The Morgan fingerprint density at radius 3 is 2.50 bits per heavy atom. The van der Waals surface area contributed by atoms with E-state index < -0.39 is 9.84 Å². The van der Waals surface area contributed by atoms with Crippen molar-refractivity contribution >= 4 is 26.3 Å². The van der Waals surface area contributed by atoms with Crippen LogP contribution < -0.4 is 5.73 Å². The lowest BCUT2D eigenvalue weighted by molar-refractivity contribution is 0.595. The van der Waals surface area contributed by atoms with Crippen LogP contribution >= 0.6 is 11.3 Å². The van der Waals surface area contributed by atoms with E-state index in [4.69, 9.17) is 5.73 Å². The van der Waals surface area contributed by atoms with Crippen LogP contribution in [-0.4, -0.2) is 13.4 Å². The number of nitrogens with two attached hydrogens (primary N) is 1. The molecule has 0 aliphatic carbocycles. The van der Waals surface area contributed by atoms with Crippen molar-refractivity contribution in [1.82, 2.24) is 4.98 Å². The zero-order chi connectivity index (χ0) is 11.6. The number of nitrogens with zero attached hydrogens (tertiary/aromatic N) is 1. The predicted molar refractivity (Wildman–Crippen MR) is 63.9 cm³/mol. The Morgan fingerprint density at radius 2 is 1.94 bits per heavy atom. The summed E-state index contributed by atoms with van der Waals surface area (Å²) in [6.45, 7) is 0. The van der Waals surface area contributed by atoms with Crippen LogP contribution in [0, 0.1) is 0 Å². The molecule has 6 heteroatoms. The molecule has 0 aliphatic rings. The number of sulfone groups is 1. The molecule has 4 nitrogen and oxygen atoms in total. The Kier molecular flexibility index (Phi) is 2.93. The van der Waals surface area contributed by atoms with Gasteiger partial charge >= 0.3 is 0 Å². The number of anilines is 1. The second kappa shape index (κ2) is 4.23. The molecule has 0 saturated heterocycles. The molecule has 0 atom stereocenters. The van der Waals surface area contributed by atoms with Gasteiger partial charge < -0.3 is 5.73 Å². The SMILES string of the molecule is Nc1nc(CS(=O)(=O)c2ccccc2)cs1. The highest BCUT2D eigenvalue weighted by Gasteiger charge is 2.16. The number of nitrogen functional groups attached to an aromatic ring is 1. The summed E-state index contributed by atoms with van der Waals surface area (Å²) in [5, 5.41) is 2.05. The summed E-state index contributed by atoms with van der Waals surface area (Å²) in [5.74, 6) is -0.106. The van der Waals surface area contributed by atoms with Crippen molar-refractivity contribution in [2.45, 2.75) is 10.6 Å². The van der Waals surface area contributed by atoms with Gasteiger partial charge in [-0.05, 0) is 12.1 Å². The maximum atomic E-state index is 11.9. The molecular formula is C10H10N2O2S2. The van der Waals surface area contributed by atoms with Crippen LogP contribution in [0.5, 0.6) is 0 Å². The number of thiazole rings is 1. The quantitative estimate of drug-likeness (QED) is 0.904. The topological polar surface area (TPSA) is 73.0 Å². The number of benzene rings is 1. The molecule has 0 radical (unpaired) electrons. The largest absolute Gasteiger partial charge is 0.375 e. The third-order valence-corrected chi connectivity index (χ3v) is 4.40. The van der Waals surface area contributed by atoms with Crippen LogP contribution in [0.2, 0.25) is 0 Å². The molecule has 2 N–H and O–H groups in total. The monoisotopic (exact) mass is 254 g/mol. The normalized spacial score (nSPS) is 11.5. The van der Waals surface area contributed by atoms with Gasteiger partial charge in [0.05, 0.1) is 16.3 Å². The minimum absolute atomic E-state index is 0.106. The first-order valence-corrected chi connectivity index (χ1v) is 7.09. The minimum Gasteiger partial charge on any atom is -0.375 e. The number of hydrogen-bond donors (Lipinski definition) is 1. The first-order chi connectivity index (χ1) is 7.58. The molecule has 2 aromatic rings. The fourth-order valence-corrected chi connectivity index (χ4v) is 3.24. The molecule has 0 fully saturated rings. The third kappa shape index (κ3) is 2.40. The Bertz CT molecular complexity index is 576. The van der Waals surface area contributed by atoms with Crippen molar-refractivity contribution in [1.29, 1.82) is 0 Å². The summed E-state index contributed by atoms with van der Waals surface area (Å²) in [6.07, 6.45) is 0. The zero-order valence-electron chi connectivity index (χ0n) is 8.33. The standard InChI is InChI=1S/C10H10N2O2S2/c11-10-12-8(6-15-10)7-16(13,14)9-4-2-1-3-5-9/h1-6H,7H2,(H2,11,12). The van der Waals surface area contributed by atoms with E-state index >= 15 is 0 Å². The number of rotatable bonds is 3. The van der Waals surface area contributed by atoms with Crippen molar-refractivity contribution < 1.29 is 8.42 Å². The highest BCUT2D eigenvalue weighted by molar-refractivity contribution is 7.90. The predicted octanol–water partition coefficient (Wildman–Crippen LogP) is 1.70. The van der Waals surface area contributed by atoms with Gasteiger partial charge in [-0.1, -0.05) is 18.2 Å². The first-order valence-electron chi connectivity index (χ1n) is 4.55. The van der Waals surface area contributed by atoms with Crippen molar-refractivity contribution in [2.24, 2.45) is 0 Å². The van der Waals surface area contributed by atoms with Crippen molar-refractivity contribution in [3.05, 3.63) is 41.4 Å². The summed E-state index contributed by atoms with van der Waals surface area (Å²) >= 11 is 1.24. The van der Waals surface area contributed by atoms with E-state index in [2.05, 4.69) is 4.98 Å². The molecule has 1 aromatic carbocycles. The lowest BCUT2D eigenvalue weighted by atomic mass is 10.4. The molecule has 1 heterocycles. The summed E-state index contributed by atoms with van der Waals surface area (Å²) in [5.41, 5.74) is 5.94. The van der Waals surface area contributed by atoms with E-state index in [9.17, 15) is 8.42 Å². The van der Waals surface area contributed by atoms with Crippen LogP contribution in [0.15, 0.2) is 40.6 Å². The summed E-state index contributed by atoms with van der Waals surface area (Å²) in [7, 11) is -3.31. The molecule has 84 valence electrons. The molecule has 0 aliphatic heterocycles. The lowest BCUT2D eigenvalue weighted by Crippen LogP contribution is -2.05. The molecule has 1 aromatic heterocycles. The highest BCUT2D eigenvalue weighted by Crippen LogP contribution is 2.18. The van der Waals surface area contributed by atoms with E-state index in [1.807, 2.05) is 0 Å². The fraction of sp³-hybridized carbons (Fsp3) is 0.100. The molecular weight excluding hydrogens is 244 g/mol. The van der Waals surface area contributed by atoms with Crippen molar-refractivity contribution in [2.75, 3.05) is 5.73 Å². The Labute approximate surface area is 97.7 Å². The van der Waals surface area contributed by atoms with Gasteiger partial charge in [-0.15, -0.1) is 11.3 Å². The molecule has 0 spiro atoms.